The van der Waals surface area contributed by atoms with E-state index in [1.54, 1.807) is 24.3 Å². The van der Waals surface area contributed by atoms with Gasteiger partial charge in [-0.25, -0.2) is 9.59 Å². The zero-order chi connectivity index (χ0) is 24.9. The maximum Gasteiger partial charge on any atom is 0.373 e. The normalized spacial score (nSPS) is 22.6. The first-order valence-corrected chi connectivity index (χ1v) is 12.0. The summed E-state index contributed by atoms with van der Waals surface area (Å²) in [6.07, 6.45) is 2.93. The molecule has 0 amide bonds. The van der Waals surface area contributed by atoms with E-state index < -0.39 is 23.1 Å². The summed E-state index contributed by atoms with van der Waals surface area (Å²) in [4.78, 5) is 47.0. The van der Waals surface area contributed by atoms with Crippen LogP contribution in [0.1, 0.15) is 111 Å². The summed E-state index contributed by atoms with van der Waals surface area (Å²) >= 11 is 0. The molecule has 1 aliphatic carbocycles. The van der Waals surface area contributed by atoms with Crippen LogP contribution in [-0.2, 0) is 19.6 Å². The number of carbonyl (C=O) groups is 2. The van der Waals surface area contributed by atoms with Crippen molar-refractivity contribution in [3.05, 3.63) is 70.8 Å². The average Bonchev–Trinajstić information content (AvgIpc) is 2.83. The fourth-order valence-corrected chi connectivity index (χ4v) is 4.08. The minimum Gasteiger partial charge on any atom is -0.292 e. The SMILES string of the molecule is CC(C)c1ccc(C(=O)OOC2(C)CCCCC2(C)OOC(=O)c2ccc(C(C)C)cc2)cc1. The third-order valence-electron chi connectivity index (χ3n) is 6.91. The number of carbonyl (C=O) groups excluding carboxylic acids is 2. The largest absolute Gasteiger partial charge is 0.373 e. The van der Waals surface area contributed by atoms with Gasteiger partial charge in [0, 0.05) is 0 Å². The van der Waals surface area contributed by atoms with Crippen molar-refractivity contribution in [3.8, 4) is 0 Å². The number of rotatable bonds is 8. The molecule has 1 aliphatic rings. The standard InChI is InChI=1S/C28H36O6/c1-19(2)21-9-13-23(14-10-21)25(29)31-33-27(5)17-7-8-18-28(27,6)34-32-26(30)24-15-11-22(12-16-24)20(3)4/h9-16,19-20H,7-8,17-18H2,1-6H3. The van der Waals surface area contributed by atoms with Gasteiger partial charge in [0.2, 0.25) is 0 Å². The van der Waals surface area contributed by atoms with Crippen molar-refractivity contribution in [2.75, 3.05) is 0 Å². The van der Waals surface area contributed by atoms with Gasteiger partial charge in [-0.3, -0.25) is 9.78 Å². The highest BCUT2D eigenvalue weighted by Gasteiger charge is 2.53. The molecule has 2 aromatic rings. The second-order valence-electron chi connectivity index (χ2n) is 10.1. The summed E-state index contributed by atoms with van der Waals surface area (Å²) in [5.41, 5.74) is 1.11. The minimum absolute atomic E-state index is 0.371. The van der Waals surface area contributed by atoms with Crippen LogP contribution < -0.4 is 0 Å². The molecular formula is C28H36O6. The molecule has 0 spiro atoms. The molecule has 0 saturated heterocycles. The van der Waals surface area contributed by atoms with Crippen LogP contribution in [0.4, 0.5) is 0 Å². The first kappa shape index (κ1) is 25.9. The van der Waals surface area contributed by atoms with Crippen LogP contribution in [0.2, 0.25) is 0 Å². The van der Waals surface area contributed by atoms with E-state index in [1.807, 2.05) is 38.1 Å². The van der Waals surface area contributed by atoms with Gasteiger partial charge in [0.1, 0.15) is 11.2 Å². The van der Waals surface area contributed by atoms with Crippen LogP contribution in [0.3, 0.4) is 0 Å². The summed E-state index contributed by atoms with van der Waals surface area (Å²) in [6.45, 7) is 12.0. The molecule has 1 saturated carbocycles. The average molecular weight is 469 g/mol. The maximum absolute atomic E-state index is 12.6. The Labute approximate surface area is 202 Å². The Morgan fingerprint density at radius 2 is 0.971 bits per heavy atom. The summed E-state index contributed by atoms with van der Waals surface area (Å²) in [6, 6.07) is 14.5. The maximum atomic E-state index is 12.6. The molecule has 184 valence electrons. The van der Waals surface area contributed by atoms with E-state index in [0.29, 0.717) is 35.8 Å². The molecule has 2 atom stereocenters. The Balaban J connectivity index is 1.63. The van der Waals surface area contributed by atoms with Crippen molar-refractivity contribution in [3.63, 3.8) is 0 Å². The Kier molecular flexibility index (Phi) is 8.16. The smallest absolute Gasteiger partial charge is 0.292 e. The van der Waals surface area contributed by atoms with Gasteiger partial charge in [0.25, 0.3) is 0 Å². The van der Waals surface area contributed by atoms with Crippen LogP contribution in [0.15, 0.2) is 48.5 Å². The van der Waals surface area contributed by atoms with Crippen LogP contribution in [-0.4, -0.2) is 23.1 Å². The quantitative estimate of drug-likeness (QED) is 0.310. The van der Waals surface area contributed by atoms with E-state index in [4.69, 9.17) is 19.6 Å². The highest BCUT2D eigenvalue weighted by Crippen LogP contribution is 2.43. The fourth-order valence-electron chi connectivity index (χ4n) is 4.08. The molecule has 34 heavy (non-hydrogen) atoms. The van der Waals surface area contributed by atoms with Gasteiger partial charge in [-0.1, -0.05) is 64.8 Å². The number of hydrogen-bond acceptors (Lipinski definition) is 6. The first-order valence-electron chi connectivity index (χ1n) is 12.0. The lowest BCUT2D eigenvalue weighted by Gasteiger charge is -2.45. The van der Waals surface area contributed by atoms with Crippen LogP contribution in [0, 0.1) is 0 Å². The highest BCUT2D eigenvalue weighted by molar-refractivity contribution is 5.89. The molecule has 6 nitrogen and oxygen atoms in total. The molecule has 2 aromatic carbocycles. The lowest BCUT2D eigenvalue weighted by Crippen LogP contribution is -2.56. The van der Waals surface area contributed by atoms with Crippen LogP contribution in [0.25, 0.3) is 0 Å². The summed E-state index contributed by atoms with van der Waals surface area (Å²) in [7, 11) is 0. The molecule has 0 radical (unpaired) electrons. The lowest BCUT2D eigenvalue weighted by atomic mass is 9.74. The van der Waals surface area contributed by atoms with E-state index in [-0.39, 0.29) is 0 Å². The van der Waals surface area contributed by atoms with Crippen LogP contribution >= 0.6 is 0 Å². The van der Waals surface area contributed by atoms with Gasteiger partial charge in [-0.15, -0.1) is 0 Å². The second-order valence-corrected chi connectivity index (χ2v) is 10.1. The molecule has 0 N–H and O–H groups in total. The van der Waals surface area contributed by atoms with Crippen molar-refractivity contribution < 1.29 is 29.1 Å². The van der Waals surface area contributed by atoms with Gasteiger partial charge < -0.3 is 0 Å². The highest BCUT2D eigenvalue weighted by atomic mass is 17.2. The molecule has 2 unspecified atom stereocenters. The topological polar surface area (TPSA) is 71.1 Å². The van der Waals surface area contributed by atoms with Gasteiger partial charge in [0.15, 0.2) is 0 Å². The van der Waals surface area contributed by atoms with E-state index in [0.717, 1.165) is 24.0 Å². The number of benzene rings is 2. The first-order chi connectivity index (χ1) is 16.0. The summed E-state index contributed by atoms with van der Waals surface area (Å²) in [5, 5.41) is 0. The van der Waals surface area contributed by atoms with Gasteiger partial charge in [-0.2, -0.15) is 9.78 Å². The van der Waals surface area contributed by atoms with Gasteiger partial charge >= 0.3 is 11.9 Å². The van der Waals surface area contributed by atoms with E-state index in [2.05, 4.69) is 27.7 Å². The monoisotopic (exact) mass is 468 g/mol. The Morgan fingerprint density at radius 1 is 0.647 bits per heavy atom. The minimum atomic E-state index is -0.986. The van der Waals surface area contributed by atoms with Crippen molar-refractivity contribution in [2.24, 2.45) is 0 Å². The summed E-state index contributed by atoms with van der Waals surface area (Å²) in [5.74, 6) is -0.411. The molecule has 0 heterocycles. The molecular weight excluding hydrogens is 432 g/mol. The molecule has 0 bridgehead atoms. The van der Waals surface area contributed by atoms with Gasteiger partial charge in [0.05, 0.1) is 11.1 Å². The zero-order valence-electron chi connectivity index (χ0n) is 21.1. The van der Waals surface area contributed by atoms with Gasteiger partial charge in [-0.05, 0) is 73.9 Å². The lowest BCUT2D eigenvalue weighted by molar-refractivity contribution is -0.418. The second kappa shape index (κ2) is 10.7. The van der Waals surface area contributed by atoms with Crippen molar-refractivity contribution >= 4 is 11.9 Å². The molecule has 1 fully saturated rings. The zero-order valence-corrected chi connectivity index (χ0v) is 21.1. The Morgan fingerprint density at radius 3 is 1.26 bits per heavy atom. The van der Waals surface area contributed by atoms with Crippen molar-refractivity contribution in [2.45, 2.75) is 90.3 Å². The molecule has 0 aliphatic heterocycles. The fraction of sp³-hybridized carbons (Fsp3) is 0.500. The van der Waals surface area contributed by atoms with Crippen molar-refractivity contribution in [1.29, 1.82) is 0 Å². The summed E-state index contributed by atoms with van der Waals surface area (Å²) < 4.78 is 0. The van der Waals surface area contributed by atoms with Crippen molar-refractivity contribution in [1.82, 2.24) is 0 Å². The molecule has 3 rings (SSSR count). The molecule has 6 heteroatoms. The molecule has 0 aromatic heterocycles. The van der Waals surface area contributed by atoms with Crippen LogP contribution in [0.5, 0.6) is 0 Å². The third-order valence-corrected chi connectivity index (χ3v) is 6.91. The predicted molar refractivity (Wildman–Crippen MR) is 129 cm³/mol. The van der Waals surface area contributed by atoms with E-state index >= 15 is 0 Å². The van der Waals surface area contributed by atoms with E-state index in [1.165, 1.54) is 0 Å². The predicted octanol–water partition coefficient (Wildman–Crippen LogP) is 6.90. The van der Waals surface area contributed by atoms with E-state index in [9.17, 15) is 9.59 Å². The third kappa shape index (κ3) is 5.86. The Hall–Kier alpha value is -2.70. The Bertz CT molecular complexity index is 897. The number of hydrogen-bond donors (Lipinski definition) is 0.